The zero-order chi connectivity index (χ0) is 29.4. The maximum absolute atomic E-state index is 14.0. The first-order chi connectivity index (χ1) is 19.5. The van der Waals surface area contributed by atoms with E-state index in [1.165, 1.54) is 9.80 Å². The molecule has 3 aliphatic rings. The summed E-state index contributed by atoms with van der Waals surface area (Å²) in [6.45, 7) is 7.41. The third-order valence-electron chi connectivity index (χ3n) is 8.69. The predicted octanol–water partition coefficient (Wildman–Crippen LogP) is 5.19. The first kappa shape index (κ1) is 28.9. The van der Waals surface area contributed by atoms with Crippen molar-refractivity contribution in [2.24, 2.45) is 0 Å². The van der Waals surface area contributed by atoms with Gasteiger partial charge in [-0.1, -0.05) is 48.5 Å². The van der Waals surface area contributed by atoms with Crippen molar-refractivity contribution in [2.45, 2.75) is 69.6 Å². The van der Waals surface area contributed by atoms with Gasteiger partial charge < -0.3 is 24.4 Å². The molecule has 0 aromatic heterocycles. The smallest absolute Gasteiger partial charge is 0.411 e. The fourth-order valence-electron chi connectivity index (χ4n) is 6.53. The van der Waals surface area contributed by atoms with Crippen LogP contribution >= 0.6 is 0 Å². The minimum Gasteiger partial charge on any atom is -0.479 e. The first-order valence-corrected chi connectivity index (χ1v) is 14.5. The summed E-state index contributed by atoms with van der Waals surface area (Å²) in [6, 6.07) is 16.0. The Labute approximate surface area is 242 Å². The number of carbonyl (C=O) groups is 3. The van der Waals surface area contributed by atoms with Crippen molar-refractivity contribution in [2.75, 3.05) is 39.8 Å². The molecule has 2 fully saturated rings. The van der Waals surface area contributed by atoms with E-state index in [4.69, 9.17) is 9.47 Å². The number of amides is 2. The molecule has 0 atom stereocenters. The lowest BCUT2D eigenvalue weighted by Gasteiger charge is -2.49. The molecule has 0 saturated carbocycles. The number of rotatable bonds is 5. The fraction of sp³-hybridized carbons (Fsp3) is 0.531. The summed E-state index contributed by atoms with van der Waals surface area (Å²) in [7, 11) is 2.03. The maximum atomic E-state index is 14.0. The van der Waals surface area contributed by atoms with Gasteiger partial charge in [-0.3, -0.25) is 4.90 Å². The monoisotopic (exact) mass is 563 g/mol. The Balaban J connectivity index is 1.39. The lowest BCUT2D eigenvalue weighted by Crippen LogP contribution is -2.66. The number of piperidine rings is 2. The lowest BCUT2D eigenvalue weighted by atomic mass is 9.83. The molecule has 2 aliphatic heterocycles. The number of fused-ring (bicyclic) bond motifs is 3. The van der Waals surface area contributed by atoms with E-state index in [0.717, 1.165) is 35.3 Å². The summed E-state index contributed by atoms with van der Waals surface area (Å²) in [4.78, 5) is 45.0. The molecule has 2 aromatic rings. The van der Waals surface area contributed by atoms with Gasteiger partial charge in [0.1, 0.15) is 17.7 Å². The van der Waals surface area contributed by atoms with Crippen LogP contribution in [0.3, 0.4) is 0 Å². The van der Waals surface area contributed by atoms with Crippen LogP contribution in [0.1, 0.15) is 63.5 Å². The summed E-state index contributed by atoms with van der Waals surface area (Å²) in [6.07, 6.45) is 0.464. The van der Waals surface area contributed by atoms with Crippen LogP contribution in [0, 0.1) is 0 Å². The number of nitrogens with zero attached hydrogens (tertiary/aromatic N) is 3. The van der Waals surface area contributed by atoms with Gasteiger partial charge in [-0.15, -0.1) is 0 Å². The number of carbonyl (C=O) groups excluding carboxylic acids is 2. The van der Waals surface area contributed by atoms with Gasteiger partial charge in [0.2, 0.25) is 0 Å². The Morgan fingerprint density at radius 1 is 0.927 bits per heavy atom. The number of carboxylic acids is 1. The molecule has 41 heavy (non-hydrogen) atoms. The molecule has 2 heterocycles. The highest BCUT2D eigenvalue weighted by Crippen LogP contribution is 2.45. The standard InChI is InChI=1S/C32H41N3O6/c1-31(2,3)41-29(38)34-19-15-32(16-20-34,28(36)37)35(22-13-17-33(4)18-14-22)30(39)40-21-27-25-11-7-5-9-23(25)24-10-6-8-12-26(24)27/h5-12,22,27H,13-21H2,1-4H3,(H,36,37). The molecule has 9 nitrogen and oxygen atoms in total. The molecule has 2 saturated heterocycles. The molecule has 1 N–H and O–H groups in total. The third kappa shape index (κ3) is 5.77. The Kier molecular flexibility index (Phi) is 8.01. The van der Waals surface area contributed by atoms with E-state index in [2.05, 4.69) is 29.2 Å². The molecule has 9 heteroatoms. The first-order valence-electron chi connectivity index (χ1n) is 14.5. The number of aliphatic carboxylic acids is 1. The van der Waals surface area contributed by atoms with Crippen molar-refractivity contribution in [3.05, 3.63) is 59.7 Å². The number of ether oxygens (including phenoxy) is 2. The van der Waals surface area contributed by atoms with E-state index in [1.54, 1.807) is 20.8 Å². The number of benzene rings is 2. The van der Waals surface area contributed by atoms with Crippen LogP contribution in [0.5, 0.6) is 0 Å². The molecule has 2 amide bonds. The van der Waals surface area contributed by atoms with Gasteiger partial charge in [0.25, 0.3) is 0 Å². The Morgan fingerprint density at radius 2 is 1.46 bits per heavy atom. The Bertz CT molecular complexity index is 1240. The normalized spacial score (nSPS) is 19.3. The molecular weight excluding hydrogens is 522 g/mol. The van der Waals surface area contributed by atoms with Gasteiger partial charge in [0, 0.05) is 25.0 Å². The molecule has 2 aromatic carbocycles. The van der Waals surface area contributed by atoms with E-state index in [-0.39, 0.29) is 44.5 Å². The van der Waals surface area contributed by atoms with Gasteiger partial charge in [-0.05, 0) is 88.8 Å². The van der Waals surface area contributed by atoms with Gasteiger partial charge in [0.05, 0.1) is 0 Å². The zero-order valence-corrected chi connectivity index (χ0v) is 24.5. The van der Waals surface area contributed by atoms with E-state index < -0.39 is 29.3 Å². The number of carboxylic acid groups (broad SMARTS) is 1. The van der Waals surface area contributed by atoms with Gasteiger partial charge in [0.15, 0.2) is 0 Å². The van der Waals surface area contributed by atoms with E-state index in [1.807, 2.05) is 31.3 Å². The second-order valence-electron chi connectivity index (χ2n) is 12.5. The van der Waals surface area contributed by atoms with E-state index in [0.29, 0.717) is 12.8 Å². The molecule has 0 spiro atoms. The van der Waals surface area contributed by atoms with Crippen molar-refractivity contribution in [1.29, 1.82) is 0 Å². The second-order valence-corrected chi connectivity index (χ2v) is 12.5. The second kappa shape index (κ2) is 11.4. The molecule has 1 aliphatic carbocycles. The minimum atomic E-state index is -1.47. The van der Waals surface area contributed by atoms with Crippen LogP contribution in [-0.4, -0.2) is 95.0 Å². The van der Waals surface area contributed by atoms with E-state index >= 15 is 0 Å². The van der Waals surface area contributed by atoms with Crippen molar-refractivity contribution in [3.8, 4) is 11.1 Å². The van der Waals surface area contributed by atoms with Crippen LogP contribution in [-0.2, 0) is 14.3 Å². The van der Waals surface area contributed by atoms with Crippen LogP contribution in [0.4, 0.5) is 9.59 Å². The van der Waals surface area contributed by atoms with Gasteiger partial charge >= 0.3 is 18.2 Å². The quantitative estimate of drug-likeness (QED) is 0.535. The van der Waals surface area contributed by atoms with Crippen molar-refractivity contribution >= 4 is 18.2 Å². The highest BCUT2D eigenvalue weighted by Gasteiger charge is 2.53. The Morgan fingerprint density at radius 3 is 1.98 bits per heavy atom. The highest BCUT2D eigenvalue weighted by atomic mass is 16.6. The molecule has 0 radical (unpaired) electrons. The molecule has 0 bridgehead atoms. The summed E-state index contributed by atoms with van der Waals surface area (Å²) in [5.41, 5.74) is 2.35. The van der Waals surface area contributed by atoms with Crippen molar-refractivity contribution < 1.29 is 29.0 Å². The Hall–Kier alpha value is -3.59. The van der Waals surface area contributed by atoms with Crippen LogP contribution in [0.2, 0.25) is 0 Å². The van der Waals surface area contributed by atoms with Crippen LogP contribution < -0.4 is 0 Å². The zero-order valence-electron chi connectivity index (χ0n) is 24.5. The molecule has 220 valence electrons. The number of likely N-dealkylation sites (tertiary alicyclic amines) is 2. The predicted molar refractivity (Wildman–Crippen MR) is 155 cm³/mol. The molecular formula is C32H41N3O6. The average Bonchev–Trinajstić information content (AvgIpc) is 3.26. The maximum Gasteiger partial charge on any atom is 0.411 e. The average molecular weight is 564 g/mol. The SMILES string of the molecule is CN1CCC(N(C(=O)OCC2c3ccccc3-c3ccccc32)C2(C(=O)O)CCN(C(=O)OC(C)(C)C)CC2)CC1. The summed E-state index contributed by atoms with van der Waals surface area (Å²) >= 11 is 0. The van der Waals surface area contributed by atoms with Crippen LogP contribution in [0.25, 0.3) is 11.1 Å². The third-order valence-corrected chi connectivity index (χ3v) is 8.69. The highest BCUT2D eigenvalue weighted by molar-refractivity contribution is 5.85. The topological polar surface area (TPSA) is 99.6 Å². The lowest BCUT2D eigenvalue weighted by molar-refractivity contribution is -0.156. The van der Waals surface area contributed by atoms with Crippen molar-refractivity contribution in [1.82, 2.24) is 14.7 Å². The summed E-state index contributed by atoms with van der Waals surface area (Å²) in [5, 5.41) is 10.6. The summed E-state index contributed by atoms with van der Waals surface area (Å²) in [5.74, 6) is -1.19. The van der Waals surface area contributed by atoms with Gasteiger partial charge in [-0.25, -0.2) is 14.4 Å². The van der Waals surface area contributed by atoms with Crippen molar-refractivity contribution in [3.63, 3.8) is 0 Å². The number of hydrogen-bond acceptors (Lipinski definition) is 6. The minimum absolute atomic E-state index is 0.109. The number of hydrogen-bond donors (Lipinski definition) is 1. The summed E-state index contributed by atoms with van der Waals surface area (Å²) < 4.78 is 11.6. The van der Waals surface area contributed by atoms with Crippen LogP contribution in [0.15, 0.2) is 48.5 Å². The van der Waals surface area contributed by atoms with E-state index in [9.17, 15) is 19.5 Å². The largest absolute Gasteiger partial charge is 0.479 e. The van der Waals surface area contributed by atoms with Gasteiger partial charge in [-0.2, -0.15) is 0 Å². The molecule has 5 rings (SSSR count). The fourth-order valence-corrected chi connectivity index (χ4v) is 6.53. The molecule has 0 unspecified atom stereocenters.